The van der Waals surface area contributed by atoms with Crippen molar-refractivity contribution < 1.29 is 23.9 Å². The van der Waals surface area contributed by atoms with Crippen LogP contribution in [-0.2, 0) is 20.9 Å². The minimum Gasteiger partial charge on any atom is -0.487 e. The average Bonchev–Trinajstić information content (AvgIpc) is 3.07. The molecule has 172 valence electrons. The van der Waals surface area contributed by atoms with Gasteiger partial charge in [0.05, 0.1) is 23.1 Å². The molecule has 0 unspecified atom stereocenters. The Kier molecular flexibility index (Phi) is 7.60. The molecule has 3 amide bonds. The van der Waals surface area contributed by atoms with E-state index in [0.29, 0.717) is 54.3 Å². The van der Waals surface area contributed by atoms with Gasteiger partial charge in [0, 0.05) is 18.1 Å². The molecule has 2 heterocycles. The number of ether oxygens (including phenoxy) is 2. The fourth-order valence-corrected chi connectivity index (χ4v) is 4.51. The Balaban J connectivity index is 1.40. The lowest BCUT2D eigenvalue weighted by atomic mass is 10.2. The van der Waals surface area contributed by atoms with Gasteiger partial charge in [0.15, 0.2) is 0 Å². The maximum atomic E-state index is 12.7. The predicted octanol–water partition coefficient (Wildman–Crippen LogP) is 4.47. The standard InChI is InChI=1S/C23H20Cl2N2O5S/c24-17-4-1-15(2-5-17)14-32-19-6-3-16(11-18(19)25)12-20-22(29)27(23(30)33-20)13-21(28)26-7-9-31-10-8-26/h1-6,11-12H,7-10,13-14H2/b20-12-. The first-order chi connectivity index (χ1) is 15.9. The summed E-state index contributed by atoms with van der Waals surface area (Å²) in [6.07, 6.45) is 1.58. The summed E-state index contributed by atoms with van der Waals surface area (Å²) < 4.78 is 11.0. The number of hydrogen-bond donors (Lipinski definition) is 0. The van der Waals surface area contributed by atoms with Gasteiger partial charge in [-0.05, 0) is 53.2 Å². The number of rotatable bonds is 6. The molecule has 0 saturated carbocycles. The molecule has 0 radical (unpaired) electrons. The van der Waals surface area contributed by atoms with E-state index in [1.54, 1.807) is 41.3 Å². The minimum absolute atomic E-state index is 0.237. The van der Waals surface area contributed by atoms with Gasteiger partial charge in [0.25, 0.3) is 11.1 Å². The zero-order valence-corrected chi connectivity index (χ0v) is 19.8. The van der Waals surface area contributed by atoms with Gasteiger partial charge in [-0.1, -0.05) is 41.4 Å². The minimum atomic E-state index is -0.495. The number of imide groups is 1. The van der Waals surface area contributed by atoms with Crippen LogP contribution in [0.15, 0.2) is 47.4 Å². The molecule has 4 rings (SSSR count). The third kappa shape index (κ3) is 5.89. The van der Waals surface area contributed by atoms with Crippen LogP contribution in [0.1, 0.15) is 11.1 Å². The second-order valence-electron chi connectivity index (χ2n) is 7.37. The molecule has 2 saturated heterocycles. The predicted molar refractivity (Wildman–Crippen MR) is 127 cm³/mol. The Morgan fingerprint density at radius 2 is 1.82 bits per heavy atom. The molecular weight excluding hydrogens is 487 g/mol. The molecule has 0 N–H and O–H groups in total. The first-order valence-corrected chi connectivity index (χ1v) is 11.8. The first-order valence-electron chi connectivity index (χ1n) is 10.2. The van der Waals surface area contributed by atoms with Crippen LogP contribution < -0.4 is 4.74 Å². The highest BCUT2D eigenvalue weighted by molar-refractivity contribution is 8.18. The van der Waals surface area contributed by atoms with Crippen molar-refractivity contribution in [2.24, 2.45) is 0 Å². The van der Waals surface area contributed by atoms with Crippen LogP contribution in [0.4, 0.5) is 4.79 Å². The summed E-state index contributed by atoms with van der Waals surface area (Å²) in [5.41, 5.74) is 1.59. The SMILES string of the molecule is O=C(CN1C(=O)S/C(=C\c2ccc(OCc3ccc(Cl)cc3)c(Cl)c2)C1=O)N1CCOCC1. The smallest absolute Gasteiger partial charge is 0.294 e. The number of carbonyl (C=O) groups excluding carboxylic acids is 3. The van der Waals surface area contributed by atoms with Gasteiger partial charge in [-0.15, -0.1) is 0 Å². The Bertz CT molecular complexity index is 1100. The molecule has 0 aliphatic carbocycles. The number of nitrogens with zero attached hydrogens (tertiary/aromatic N) is 2. The molecule has 2 aliphatic rings. The Morgan fingerprint density at radius 3 is 2.52 bits per heavy atom. The van der Waals surface area contributed by atoms with Crippen molar-refractivity contribution in [3.63, 3.8) is 0 Å². The number of amides is 3. The lowest BCUT2D eigenvalue weighted by Crippen LogP contribution is -2.46. The summed E-state index contributed by atoms with van der Waals surface area (Å²) in [7, 11) is 0. The van der Waals surface area contributed by atoms with Crippen LogP contribution in [0, 0.1) is 0 Å². The van der Waals surface area contributed by atoms with E-state index in [9.17, 15) is 14.4 Å². The lowest BCUT2D eigenvalue weighted by molar-refractivity contribution is -0.139. The van der Waals surface area contributed by atoms with Crippen LogP contribution >= 0.6 is 35.0 Å². The number of carbonyl (C=O) groups is 3. The Labute approximate surface area is 205 Å². The van der Waals surface area contributed by atoms with Crippen molar-refractivity contribution in [1.82, 2.24) is 9.80 Å². The summed E-state index contributed by atoms with van der Waals surface area (Å²) in [4.78, 5) is 40.3. The number of halogens is 2. The van der Waals surface area contributed by atoms with Crippen molar-refractivity contribution in [2.75, 3.05) is 32.8 Å². The van der Waals surface area contributed by atoms with Crippen LogP contribution in [0.5, 0.6) is 5.75 Å². The van der Waals surface area contributed by atoms with Crippen LogP contribution in [0.25, 0.3) is 6.08 Å². The Morgan fingerprint density at radius 1 is 1.09 bits per heavy atom. The average molecular weight is 507 g/mol. The van der Waals surface area contributed by atoms with Gasteiger partial charge in [-0.3, -0.25) is 19.3 Å². The summed E-state index contributed by atoms with van der Waals surface area (Å²) >= 11 is 13.0. The second-order valence-corrected chi connectivity index (χ2v) is 9.20. The van der Waals surface area contributed by atoms with Gasteiger partial charge in [0.2, 0.25) is 5.91 Å². The van der Waals surface area contributed by atoms with Gasteiger partial charge in [-0.2, -0.15) is 0 Å². The largest absolute Gasteiger partial charge is 0.487 e. The summed E-state index contributed by atoms with van der Waals surface area (Å²) in [6, 6.07) is 12.4. The lowest BCUT2D eigenvalue weighted by Gasteiger charge is -2.28. The van der Waals surface area contributed by atoms with E-state index < -0.39 is 11.1 Å². The van der Waals surface area contributed by atoms with Crippen molar-refractivity contribution >= 4 is 58.1 Å². The number of hydrogen-bond acceptors (Lipinski definition) is 6. The van der Waals surface area contributed by atoms with E-state index in [4.69, 9.17) is 32.7 Å². The highest BCUT2D eigenvalue weighted by atomic mass is 35.5. The second kappa shape index (κ2) is 10.6. The van der Waals surface area contributed by atoms with Gasteiger partial charge >= 0.3 is 0 Å². The van der Waals surface area contributed by atoms with E-state index >= 15 is 0 Å². The molecule has 0 bridgehead atoms. The molecule has 2 aromatic carbocycles. The maximum Gasteiger partial charge on any atom is 0.294 e. The summed E-state index contributed by atoms with van der Waals surface area (Å²) in [5.74, 6) is -0.272. The van der Waals surface area contributed by atoms with Gasteiger partial charge in [0.1, 0.15) is 18.9 Å². The topological polar surface area (TPSA) is 76.2 Å². The molecule has 7 nitrogen and oxygen atoms in total. The van der Waals surface area contributed by atoms with Crippen LogP contribution in [0.2, 0.25) is 10.0 Å². The van der Waals surface area contributed by atoms with E-state index in [1.165, 1.54) is 0 Å². The van der Waals surface area contributed by atoms with Gasteiger partial charge < -0.3 is 14.4 Å². The van der Waals surface area contributed by atoms with Crippen LogP contribution in [-0.4, -0.2) is 59.7 Å². The maximum absolute atomic E-state index is 12.7. The van der Waals surface area contributed by atoms with Crippen molar-refractivity contribution in [1.29, 1.82) is 0 Å². The van der Waals surface area contributed by atoms with Crippen molar-refractivity contribution in [3.8, 4) is 5.75 Å². The van der Waals surface area contributed by atoms with E-state index in [-0.39, 0.29) is 17.4 Å². The number of thioether (sulfide) groups is 1. The van der Waals surface area contributed by atoms with E-state index in [0.717, 1.165) is 22.2 Å². The Hall–Kier alpha value is -2.52. The highest BCUT2D eigenvalue weighted by Crippen LogP contribution is 2.34. The first kappa shape index (κ1) is 23.6. The molecule has 33 heavy (non-hydrogen) atoms. The monoisotopic (exact) mass is 506 g/mol. The zero-order chi connectivity index (χ0) is 23.4. The summed E-state index contributed by atoms with van der Waals surface area (Å²) in [6.45, 7) is 1.86. The molecule has 0 atom stereocenters. The van der Waals surface area contributed by atoms with E-state index in [2.05, 4.69) is 0 Å². The fraction of sp³-hybridized carbons (Fsp3) is 0.261. The quantitative estimate of drug-likeness (QED) is 0.538. The van der Waals surface area contributed by atoms with Crippen LogP contribution in [0.3, 0.4) is 0 Å². The fourth-order valence-electron chi connectivity index (χ4n) is 3.30. The number of morpholine rings is 1. The molecule has 2 aliphatic heterocycles. The molecule has 0 spiro atoms. The third-order valence-electron chi connectivity index (χ3n) is 5.09. The normalized spacial score (nSPS) is 17.7. The van der Waals surface area contributed by atoms with Crippen molar-refractivity contribution in [3.05, 3.63) is 68.5 Å². The zero-order valence-electron chi connectivity index (χ0n) is 17.5. The van der Waals surface area contributed by atoms with Crippen molar-refractivity contribution in [2.45, 2.75) is 6.61 Å². The number of benzene rings is 2. The third-order valence-corrected chi connectivity index (χ3v) is 6.55. The van der Waals surface area contributed by atoms with E-state index in [1.807, 2.05) is 12.1 Å². The molecule has 10 heteroatoms. The molecule has 0 aromatic heterocycles. The highest BCUT2D eigenvalue weighted by Gasteiger charge is 2.37. The molecule has 2 aromatic rings. The molecule has 2 fully saturated rings. The van der Waals surface area contributed by atoms with Gasteiger partial charge in [-0.25, -0.2) is 0 Å². The molecular formula is C23H20Cl2N2O5S. The summed E-state index contributed by atoms with van der Waals surface area (Å²) in [5, 5.41) is 0.553.